The third-order valence-electron chi connectivity index (χ3n) is 2.81. The van der Waals surface area contributed by atoms with Gasteiger partial charge < -0.3 is 16.0 Å². The summed E-state index contributed by atoms with van der Waals surface area (Å²) in [5, 5.41) is 5.72. The average Bonchev–Trinajstić information content (AvgIpc) is 2.44. The summed E-state index contributed by atoms with van der Waals surface area (Å²) in [6, 6.07) is -1.95. The summed E-state index contributed by atoms with van der Waals surface area (Å²) < 4.78 is 66.0. The molecule has 0 spiro atoms. The van der Waals surface area contributed by atoms with Crippen LogP contribution in [0.15, 0.2) is 18.2 Å². The van der Waals surface area contributed by atoms with E-state index in [4.69, 9.17) is 0 Å². The van der Waals surface area contributed by atoms with Crippen molar-refractivity contribution < 1.29 is 31.5 Å². The first-order valence-corrected chi connectivity index (χ1v) is 6.42. The molecule has 1 rings (SSSR count). The lowest BCUT2D eigenvalue weighted by atomic mass is 10.1. The Morgan fingerprint density at radius 3 is 2.22 bits per heavy atom. The third-order valence-corrected chi connectivity index (χ3v) is 2.81. The van der Waals surface area contributed by atoms with Gasteiger partial charge in [0.05, 0.1) is 5.56 Å². The van der Waals surface area contributed by atoms with Crippen molar-refractivity contribution in [3.8, 4) is 0 Å². The van der Waals surface area contributed by atoms with E-state index in [9.17, 15) is 31.5 Å². The second-order valence-electron chi connectivity index (χ2n) is 4.43. The van der Waals surface area contributed by atoms with Crippen molar-refractivity contribution >= 4 is 11.9 Å². The Morgan fingerprint density at radius 1 is 1.17 bits per heavy atom. The van der Waals surface area contributed by atoms with Crippen LogP contribution in [-0.2, 0) is 4.79 Å². The van der Waals surface area contributed by atoms with Crippen LogP contribution in [0.25, 0.3) is 0 Å². The van der Waals surface area contributed by atoms with Gasteiger partial charge in [0, 0.05) is 20.0 Å². The van der Waals surface area contributed by atoms with Crippen LogP contribution < -0.4 is 16.0 Å². The van der Waals surface area contributed by atoms with Gasteiger partial charge in [-0.3, -0.25) is 4.79 Å². The topological polar surface area (TPSA) is 70.2 Å². The van der Waals surface area contributed by atoms with E-state index in [1.165, 1.54) is 12.4 Å². The van der Waals surface area contributed by atoms with E-state index >= 15 is 0 Å². The molecule has 0 fully saturated rings. The number of hydrogen-bond acceptors (Lipinski definition) is 2. The lowest BCUT2D eigenvalue weighted by molar-refractivity contribution is -0.156. The number of carbonyl (C=O) groups is 2. The SMILES string of the molecule is CNC(=O)CCNC(=O)N[C@H](c1c(F)cccc1F)C(F)(F)F. The molecule has 0 heterocycles. The van der Waals surface area contributed by atoms with Crippen LogP contribution in [0, 0.1) is 11.6 Å². The molecule has 3 amide bonds. The molecule has 128 valence electrons. The van der Waals surface area contributed by atoms with E-state index in [1.54, 1.807) is 0 Å². The highest BCUT2D eigenvalue weighted by atomic mass is 19.4. The Morgan fingerprint density at radius 2 is 1.74 bits per heavy atom. The number of benzene rings is 1. The standard InChI is InChI=1S/C13H14F5N3O2/c1-19-9(22)5-6-20-12(23)21-11(13(16,17)18)10-7(14)3-2-4-8(10)15/h2-4,11H,5-6H2,1H3,(H,19,22)(H2,20,21,23)/t11-/m1/s1. The van der Waals surface area contributed by atoms with E-state index in [2.05, 4.69) is 5.32 Å². The number of urea groups is 1. The first-order valence-electron chi connectivity index (χ1n) is 6.42. The van der Waals surface area contributed by atoms with Crippen molar-refractivity contribution in [2.24, 2.45) is 0 Å². The number of hydrogen-bond donors (Lipinski definition) is 3. The predicted octanol–water partition coefficient (Wildman–Crippen LogP) is 2.00. The van der Waals surface area contributed by atoms with Gasteiger partial charge in [0.2, 0.25) is 5.91 Å². The maximum absolute atomic E-state index is 13.5. The quantitative estimate of drug-likeness (QED) is 0.718. The Balaban J connectivity index is 2.85. The summed E-state index contributed by atoms with van der Waals surface area (Å²) in [5.74, 6) is -3.30. The van der Waals surface area contributed by atoms with Crippen LogP contribution in [0.4, 0.5) is 26.7 Å². The van der Waals surface area contributed by atoms with Crippen LogP contribution in [0.2, 0.25) is 0 Å². The van der Waals surface area contributed by atoms with Gasteiger partial charge in [0.15, 0.2) is 6.04 Å². The fourth-order valence-corrected chi connectivity index (χ4v) is 1.70. The van der Waals surface area contributed by atoms with Crippen LogP contribution in [0.1, 0.15) is 18.0 Å². The van der Waals surface area contributed by atoms with Gasteiger partial charge >= 0.3 is 12.2 Å². The summed E-state index contributed by atoms with van der Waals surface area (Å²) in [7, 11) is 1.35. The highest BCUT2D eigenvalue weighted by Crippen LogP contribution is 2.35. The summed E-state index contributed by atoms with van der Waals surface area (Å²) in [4.78, 5) is 22.4. The Labute approximate surface area is 128 Å². The maximum atomic E-state index is 13.5. The number of rotatable bonds is 5. The summed E-state index contributed by atoms with van der Waals surface area (Å²) >= 11 is 0. The van der Waals surface area contributed by atoms with Gasteiger partial charge in [-0.15, -0.1) is 0 Å². The smallest absolute Gasteiger partial charge is 0.359 e. The first-order chi connectivity index (χ1) is 10.7. The molecule has 3 N–H and O–H groups in total. The molecular weight excluding hydrogens is 325 g/mol. The zero-order valence-electron chi connectivity index (χ0n) is 11.9. The number of alkyl halides is 3. The van der Waals surface area contributed by atoms with E-state index < -0.39 is 41.4 Å². The fraction of sp³-hybridized carbons (Fsp3) is 0.385. The van der Waals surface area contributed by atoms with Crippen LogP contribution in [0.3, 0.4) is 0 Å². The van der Waals surface area contributed by atoms with E-state index in [0.717, 1.165) is 6.07 Å². The van der Waals surface area contributed by atoms with Gasteiger partial charge in [-0.25, -0.2) is 13.6 Å². The van der Waals surface area contributed by atoms with Gasteiger partial charge in [-0.1, -0.05) is 6.07 Å². The minimum absolute atomic E-state index is 0.158. The Hall–Kier alpha value is -2.39. The molecule has 1 aromatic carbocycles. The molecule has 1 atom stereocenters. The molecule has 0 radical (unpaired) electrons. The molecular formula is C13H14F5N3O2. The summed E-state index contributed by atoms with van der Waals surface area (Å²) in [6.45, 7) is -0.240. The molecule has 23 heavy (non-hydrogen) atoms. The second-order valence-corrected chi connectivity index (χ2v) is 4.43. The van der Waals surface area contributed by atoms with Gasteiger partial charge in [0.1, 0.15) is 11.6 Å². The predicted molar refractivity (Wildman–Crippen MR) is 70.4 cm³/mol. The zero-order valence-corrected chi connectivity index (χ0v) is 11.9. The minimum Gasteiger partial charge on any atom is -0.359 e. The lowest BCUT2D eigenvalue weighted by Gasteiger charge is -2.23. The first kappa shape index (κ1) is 18.7. The number of amides is 3. The number of carbonyl (C=O) groups excluding carboxylic acids is 2. The van der Waals surface area contributed by atoms with Crippen molar-refractivity contribution in [1.29, 1.82) is 0 Å². The van der Waals surface area contributed by atoms with E-state index in [1.807, 2.05) is 5.32 Å². The largest absolute Gasteiger partial charge is 0.413 e. The van der Waals surface area contributed by atoms with E-state index in [-0.39, 0.29) is 13.0 Å². The molecule has 0 aliphatic carbocycles. The molecule has 0 saturated heterocycles. The molecule has 1 aromatic rings. The molecule has 0 bridgehead atoms. The van der Waals surface area contributed by atoms with Crippen LogP contribution in [-0.4, -0.2) is 31.7 Å². The molecule has 10 heteroatoms. The molecule has 0 unspecified atom stereocenters. The van der Waals surface area contributed by atoms with Crippen LogP contribution >= 0.6 is 0 Å². The lowest BCUT2D eigenvalue weighted by Crippen LogP contribution is -2.45. The van der Waals surface area contributed by atoms with Crippen molar-refractivity contribution in [2.45, 2.75) is 18.6 Å². The number of nitrogens with one attached hydrogen (secondary N) is 3. The highest BCUT2D eigenvalue weighted by molar-refractivity contribution is 5.78. The van der Waals surface area contributed by atoms with Crippen molar-refractivity contribution in [2.75, 3.05) is 13.6 Å². The monoisotopic (exact) mass is 339 g/mol. The third kappa shape index (κ3) is 5.38. The number of halogens is 5. The fourth-order valence-electron chi connectivity index (χ4n) is 1.70. The summed E-state index contributed by atoms with van der Waals surface area (Å²) in [5.41, 5.74) is -1.30. The van der Waals surface area contributed by atoms with Crippen molar-refractivity contribution in [3.63, 3.8) is 0 Å². The normalized spacial score (nSPS) is 12.4. The zero-order chi connectivity index (χ0) is 17.6. The molecule has 5 nitrogen and oxygen atoms in total. The van der Waals surface area contributed by atoms with Gasteiger partial charge in [-0.2, -0.15) is 13.2 Å². The molecule has 0 aliphatic heterocycles. The van der Waals surface area contributed by atoms with E-state index in [0.29, 0.717) is 12.1 Å². The highest BCUT2D eigenvalue weighted by Gasteiger charge is 2.44. The van der Waals surface area contributed by atoms with Crippen molar-refractivity contribution in [1.82, 2.24) is 16.0 Å². The minimum atomic E-state index is -5.11. The molecule has 0 aromatic heterocycles. The van der Waals surface area contributed by atoms with Gasteiger partial charge in [-0.05, 0) is 12.1 Å². The maximum Gasteiger partial charge on any atom is 0.413 e. The Bertz CT molecular complexity index is 557. The second kappa shape index (κ2) is 7.75. The van der Waals surface area contributed by atoms with Crippen molar-refractivity contribution in [3.05, 3.63) is 35.4 Å². The average molecular weight is 339 g/mol. The van der Waals surface area contributed by atoms with Crippen LogP contribution in [0.5, 0.6) is 0 Å². The Kier molecular flexibility index (Phi) is 6.28. The molecule has 0 aliphatic rings. The molecule has 0 saturated carbocycles. The summed E-state index contributed by atoms with van der Waals surface area (Å²) in [6.07, 6.45) is -5.27. The van der Waals surface area contributed by atoms with Gasteiger partial charge in [0.25, 0.3) is 0 Å².